The second-order valence-electron chi connectivity index (χ2n) is 8.91. The number of fused-ring (bicyclic) bond motifs is 1. The van der Waals surface area contributed by atoms with E-state index in [1.807, 2.05) is 12.1 Å². The Bertz CT molecular complexity index is 1340. The number of nitriles is 1. The lowest BCUT2D eigenvalue weighted by Crippen LogP contribution is -2.32. The van der Waals surface area contributed by atoms with E-state index in [-0.39, 0.29) is 29.9 Å². The van der Waals surface area contributed by atoms with Gasteiger partial charge in [0, 0.05) is 37.4 Å². The minimum atomic E-state index is -3.87. The molecule has 1 amide bonds. The van der Waals surface area contributed by atoms with E-state index >= 15 is 0 Å². The first-order chi connectivity index (χ1) is 17.0. The Morgan fingerprint density at radius 1 is 1.03 bits per heavy atom. The molecular weight excluding hydrogens is 462 g/mol. The predicted octanol–water partition coefficient (Wildman–Crippen LogP) is 2.29. The quantitative estimate of drug-likeness (QED) is 0.504. The van der Waals surface area contributed by atoms with Crippen molar-refractivity contribution >= 4 is 15.9 Å². The van der Waals surface area contributed by atoms with Gasteiger partial charge in [0.1, 0.15) is 0 Å². The molecule has 2 fully saturated rings. The third-order valence-electron chi connectivity index (χ3n) is 6.65. The fourth-order valence-corrected chi connectivity index (χ4v) is 5.98. The molecule has 1 saturated carbocycles. The maximum Gasteiger partial charge on any atom is 0.251 e. The minimum absolute atomic E-state index is 0.0872. The zero-order valence-corrected chi connectivity index (χ0v) is 19.8. The van der Waals surface area contributed by atoms with Gasteiger partial charge in [-0.3, -0.25) is 9.78 Å². The molecule has 2 N–H and O–H groups in total. The normalized spacial score (nSPS) is 20.7. The molecule has 2 aromatic carbocycles. The number of hydrogen-bond acceptors (Lipinski definition) is 6. The van der Waals surface area contributed by atoms with E-state index in [4.69, 9.17) is 5.26 Å². The SMILES string of the molecule is N#Cc1ccc(S(=O)(=O)N(Cc2ccc(C(=O)NC3[C@H]4CNC[C@@H]34)cc2)Cc2ccccn2)cc1. The molecule has 0 radical (unpaired) electrons. The number of nitrogens with one attached hydrogen (secondary N) is 2. The molecule has 2 heterocycles. The number of benzene rings is 2. The smallest absolute Gasteiger partial charge is 0.251 e. The molecule has 2 aliphatic rings. The molecule has 3 atom stereocenters. The molecule has 5 rings (SSSR count). The second-order valence-corrected chi connectivity index (χ2v) is 10.9. The van der Waals surface area contributed by atoms with Gasteiger partial charge in [0.25, 0.3) is 5.91 Å². The van der Waals surface area contributed by atoms with Crippen LogP contribution in [0.25, 0.3) is 0 Å². The number of carbonyl (C=O) groups excluding carboxylic acids is 1. The van der Waals surface area contributed by atoms with Gasteiger partial charge in [-0.1, -0.05) is 18.2 Å². The van der Waals surface area contributed by atoms with Gasteiger partial charge < -0.3 is 10.6 Å². The molecule has 0 spiro atoms. The van der Waals surface area contributed by atoms with Crippen LogP contribution in [0.15, 0.2) is 77.8 Å². The zero-order chi connectivity index (χ0) is 24.4. The highest BCUT2D eigenvalue weighted by atomic mass is 32.2. The third kappa shape index (κ3) is 4.95. The summed E-state index contributed by atoms with van der Waals surface area (Å²) in [6, 6.07) is 20.5. The molecule has 1 aromatic heterocycles. The number of aromatic nitrogens is 1. The summed E-state index contributed by atoms with van der Waals surface area (Å²) in [5, 5.41) is 15.5. The summed E-state index contributed by atoms with van der Waals surface area (Å²) >= 11 is 0. The van der Waals surface area contributed by atoms with Crippen LogP contribution in [-0.2, 0) is 23.1 Å². The van der Waals surface area contributed by atoms with Gasteiger partial charge in [-0.05, 0) is 65.9 Å². The van der Waals surface area contributed by atoms with Crippen molar-refractivity contribution in [3.05, 3.63) is 95.3 Å². The highest BCUT2D eigenvalue weighted by Crippen LogP contribution is 2.41. The average molecular weight is 488 g/mol. The molecular formula is C26H25N5O3S. The van der Waals surface area contributed by atoms with Gasteiger partial charge in [-0.2, -0.15) is 9.57 Å². The first-order valence-electron chi connectivity index (χ1n) is 11.5. The van der Waals surface area contributed by atoms with Crippen LogP contribution in [0.3, 0.4) is 0 Å². The molecule has 1 aliphatic carbocycles. The van der Waals surface area contributed by atoms with Crippen LogP contribution in [0.1, 0.15) is 27.2 Å². The Morgan fingerprint density at radius 2 is 1.74 bits per heavy atom. The lowest BCUT2D eigenvalue weighted by atomic mass is 10.1. The topological polar surface area (TPSA) is 115 Å². The van der Waals surface area contributed by atoms with Gasteiger partial charge in [0.05, 0.1) is 28.8 Å². The molecule has 1 saturated heterocycles. The Labute approximate surface area is 204 Å². The highest BCUT2D eigenvalue weighted by molar-refractivity contribution is 7.89. The van der Waals surface area contributed by atoms with Gasteiger partial charge in [0.2, 0.25) is 10.0 Å². The molecule has 178 valence electrons. The standard InChI is InChI=1S/C26H25N5O3S/c27-13-18-6-10-22(11-7-18)35(33,34)31(17-21-3-1-2-12-29-21)16-19-4-8-20(9-5-19)26(32)30-25-23-14-28-15-24(23)25/h1-12,23-25,28H,14-17H2,(H,30,32)/t23-,24+,25?. The lowest BCUT2D eigenvalue weighted by Gasteiger charge is -2.22. The maximum absolute atomic E-state index is 13.5. The van der Waals surface area contributed by atoms with Crippen molar-refractivity contribution in [1.29, 1.82) is 5.26 Å². The van der Waals surface area contributed by atoms with E-state index in [0.29, 0.717) is 28.7 Å². The molecule has 9 heteroatoms. The van der Waals surface area contributed by atoms with Gasteiger partial charge in [-0.15, -0.1) is 0 Å². The summed E-state index contributed by atoms with van der Waals surface area (Å²) < 4.78 is 28.3. The number of sulfonamides is 1. The van der Waals surface area contributed by atoms with Crippen molar-refractivity contribution in [3.63, 3.8) is 0 Å². The average Bonchev–Trinajstić information content (AvgIpc) is 3.29. The van der Waals surface area contributed by atoms with Gasteiger partial charge in [-0.25, -0.2) is 8.42 Å². The first kappa shape index (κ1) is 23.2. The summed E-state index contributed by atoms with van der Waals surface area (Å²) in [7, 11) is -3.87. The van der Waals surface area contributed by atoms with E-state index in [9.17, 15) is 13.2 Å². The number of amides is 1. The minimum Gasteiger partial charge on any atom is -0.349 e. The third-order valence-corrected chi connectivity index (χ3v) is 8.46. The lowest BCUT2D eigenvalue weighted by molar-refractivity contribution is 0.0946. The van der Waals surface area contributed by atoms with E-state index in [0.717, 1.165) is 18.7 Å². The summed E-state index contributed by atoms with van der Waals surface area (Å²) in [6.07, 6.45) is 1.62. The van der Waals surface area contributed by atoms with Crippen LogP contribution >= 0.6 is 0 Å². The fraction of sp³-hybridized carbons (Fsp3) is 0.269. The first-order valence-corrected chi connectivity index (χ1v) is 12.9. The summed E-state index contributed by atoms with van der Waals surface area (Å²) in [5.41, 5.74) is 2.31. The largest absolute Gasteiger partial charge is 0.349 e. The second kappa shape index (κ2) is 9.58. The number of nitrogens with zero attached hydrogens (tertiary/aromatic N) is 3. The maximum atomic E-state index is 13.5. The van der Waals surface area contributed by atoms with Crippen molar-refractivity contribution in [2.24, 2.45) is 11.8 Å². The molecule has 35 heavy (non-hydrogen) atoms. The number of carbonyl (C=O) groups is 1. The predicted molar refractivity (Wildman–Crippen MR) is 129 cm³/mol. The Hall–Kier alpha value is -3.58. The molecule has 0 bridgehead atoms. The zero-order valence-electron chi connectivity index (χ0n) is 19.0. The van der Waals surface area contributed by atoms with E-state index in [2.05, 4.69) is 15.6 Å². The Morgan fingerprint density at radius 3 is 2.37 bits per heavy atom. The van der Waals surface area contributed by atoms with Crippen LogP contribution in [-0.4, -0.2) is 42.7 Å². The van der Waals surface area contributed by atoms with Crippen molar-refractivity contribution in [3.8, 4) is 6.07 Å². The van der Waals surface area contributed by atoms with Crippen molar-refractivity contribution < 1.29 is 13.2 Å². The van der Waals surface area contributed by atoms with Gasteiger partial charge >= 0.3 is 0 Å². The van der Waals surface area contributed by atoms with Crippen LogP contribution in [0.4, 0.5) is 0 Å². The van der Waals surface area contributed by atoms with Gasteiger partial charge in [0.15, 0.2) is 0 Å². The number of piperidine rings is 1. The summed E-state index contributed by atoms with van der Waals surface area (Å²) in [4.78, 5) is 17.0. The fourth-order valence-electron chi connectivity index (χ4n) is 4.58. The van der Waals surface area contributed by atoms with Crippen molar-refractivity contribution in [2.45, 2.75) is 24.0 Å². The molecule has 1 aliphatic heterocycles. The summed E-state index contributed by atoms with van der Waals surface area (Å²) in [5.74, 6) is 0.961. The number of rotatable bonds is 8. The van der Waals surface area contributed by atoms with Crippen LogP contribution in [0.2, 0.25) is 0 Å². The van der Waals surface area contributed by atoms with E-state index in [1.165, 1.54) is 28.6 Å². The van der Waals surface area contributed by atoms with Crippen LogP contribution in [0, 0.1) is 23.2 Å². The van der Waals surface area contributed by atoms with E-state index < -0.39 is 10.0 Å². The Balaban J connectivity index is 1.34. The van der Waals surface area contributed by atoms with Crippen molar-refractivity contribution in [1.82, 2.24) is 19.9 Å². The number of pyridine rings is 1. The van der Waals surface area contributed by atoms with Crippen LogP contribution < -0.4 is 10.6 Å². The molecule has 3 aromatic rings. The van der Waals surface area contributed by atoms with Crippen molar-refractivity contribution in [2.75, 3.05) is 13.1 Å². The monoisotopic (exact) mass is 487 g/mol. The van der Waals surface area contributed by atoms with Crippen LogP contribution in [0.5, 0.6) is 0 Å². The molecule has 1 unspecified atom stereocenters. The van der Waals surface area contributed by atoms with E-state index in [1.54, 1.807) is 42.6 Å². The Kier molecular flexibility index (Phi) is 6.34. The summed E-state index contributed by atoms with van der Waals surface area (Å²) in [6.45, 7) is 2.10. The molecule has 8 nitrogen and oxygen atoms in total. The number of hydrogen-bond donors (Lipinski definition) is 2. The highest BCUT2D eigenvalue weighted by Gasteiger charge is 2.53.